The summed E-state index contributed by atoms with van der Waals surface area (Å²) in [5, 5.41) is 0. The molecule has 0 saturated carbocycles. The van der Waals surface area contributed by atoms with E-state index in [1.54, 1.807) is 6.20 Å². The maximum absolute atomic E-state index is 5.74. The van der Waals surface area contributed by atoms with E-state index in [-0.39, 0.29) is 0 Å². The Labute approximate surface area is 118 Å². The number of nitrogen functional groups attached to an aromatic ring is 1. The number of aryl methyl sites for hydroxylation is 1. The zero-order chi connectivity index (χ0) is 13.8. The summed E-state index contributed by atoms with van der Waals surface area (Å²) in [6.45, 7) is 2.78. The first-order valence-corrected chi connectivity index (χ1v) is 7.14. The van der Waals surface area contributed by atoms with Gasteiger partial charge in [-0.3, -0.25) is 0 Å². The van der Waals surface area contributed by atoms with Crippen molar-refractivity contribution < 1.29 is 4.74 Å². The minimum atomic E-state index is 0.526. The van der Waals surface area contributed by atoms with Crippen LogP contribution in [0, 0.1) is 5.92 Å². The molecule has 5 heteroatoms. The van der Waals surface area contributed by atoms with E-state index in [0.717, 1.165) is 37.6 Å². The number of ether oxygens (including phenoxy) is 1. The molecular formula is C15H20N4O. The second-order valence-corrected chi connectivity index (χ2v) is 5.29. The highest BCUT2D eigenvalue weighted by Gasteiger charge is 2.14. The van der Waals surface area contributed by atoms with E-state index < -0.39 is 0 Å². The second-order valence-electron chi connectivity index (χ2n) is 5.29. The number of nitrogens with zero attached hydrogens (tertiary/aromatic N) is 3. The fraction of sp³-hybridized carbons (Fsp3) is 0.467. The third kappa shape index (κ3) is 2.99. The Morgan fingerprint density at radius 1 is 1.35 bits per heavy atom. The molecule has 2 aromatic heterocycles. The molecule has 0 aliphatic carbocycles. The summed E-state index contributed by atoms with van der Waals surface area (Å²) >= 11 is 0. The SMILES string of the molecule is Nc1cc(-c2nccn2CCC2CCCOC2)ccn1. The van der Waals surface area contributed by atoms with E-state index in [9.17, 15) is 0 Å². The number of rotatable bonds is 4. The topological polar surface area (TPSA) is 66.0 Å². The molecule has 5 nitrogen and oxygen atoms in total. The van der Waals surface area contributed by atoms with Crippen molar-refractivity contribution in [3.8, 4) is 11.4 Å². The predicted octanol–water partition coefficient (Wildman–Crippen LogP) is 2.34. The van der Waals surface area contributed by atoms with Gasteiger partial charge in [0.2, 0.25) is 0 Å². The first-order chi connectivity index (χ1) is 9.83. The molecule has 20 heavy (non-hydrogen) atoms. The van der Waals surface area contributed by atoms with Crippen molar-refractivity contribution >= 4 is 5.82 Å². The molecule has 2 N–H and O–H groups in total. The molecule has 1 aliphatic heterocycles. The van der Waals surface area contributed by atoms with E-state index in [2.05, 4.69) is 14.5 Å². The van der Waals surface area contributed by atoms with Gasteiger partial charge in [-0.25, -0.2) is 9.97 Å². The van der Waals surface area contributed by atoms with Crippen molar-refractivity contribution in [2.75, 3.05) is 18.9 Å². The quantitative estimate of drug-likeness (QED) is 0.927. The summed E-state index contributed by atoms with van der Waals surface area (Å²) in [5.74, 6) is 2.15. The van der Waals surface area contributed by atoms with Crippen LogP contribution in [0.15, 0.2) is 30.7 Å². The zero-order valence-electron chi connectivity index (χ0n) is 11.5. The van der Waals surface area contributed by atoms with Crippen molar-refractivity contribution in [1.82, 2.24) is 14.5 Å². The molecule has 1 atom stereocenters. The van der Waals surface area contributed by atoms with Crippen molar-refractivity contribution in [2.24, 2.45) is 5.92 Å². The van der Waals surface area contributed by atoms with Crippen molar-refractivity contribution in [1.29, 1.82) is 0 Å². The molecule has 0 spiro atoms. The highest BCUT2D eigenvalue weighted by molar-refractivity contribution is 5.58. The summed E-state index contributed by atoms with van der Waals surface area (Å²) in [6, 6.07) is 3.81. The van der Waals surface area contributed by atoms with E-state index in [0.29, 0.717) is 11.7 Å². The molecule has 2 aromatic rings. The largest absolute Gasteiger partial charge is 0.384 e. The van der Waals surface area contributed by atoms with Crippen molar-refractivity contribution in [2.45, 2.75) is 25.8 Å². The van der Waals surface area contributed by atoms with Gasteiger partial charge in [0.05, 0.1) is 0 Å². The molecule has 3 heterocycles. The second kappa shape index (κ2) is 6.05. The van der Waals surface area contributed by atoms with Crippen LogP contribution in [0.25, 0.3) is 11.4 Å². The minimum Gasteiger partial charge on any atom is -0.384 e. The van der Waals surface area contributed by atoms with Gasteiger partial charge in [-0.05, 0) is 37.3 Å². The van der Waals surface area contributed by atoms with Gasteiger partial charge in [-0.15, -0.1) is 0 Å². The number of anilines is 1. The fourth-order valence-electron chi connectivity index (χ4n) is 2.69. The Morgan fingerprint density at radius 2 is 2.30 bits per heavy atom. The Morgan fingerprint density at radius 3 is 3.10 bits per heavy atom. The van der Waals surface area contributed by atoms with Crippen LogP contribution in [0.1, 0.15) is 19.3 Å². The lowest BCUT2D eigenvalue weighted by Gasteiger charge is -2.22. The van der Waals surface area contributed by atoms with Crippen LogP contribution in [0.4, 0.5) is 5.82 Å². The van der Waals surface area contributed by atoms with Crippen LogP contribution >= 0.6 is 0 Å². The molecule has 1 saturated heterocycles. The molecule has 1 aliphatic rings. The summed E-state index contributed by atoms with van der Waals surface area (Å²) in [5.41, 5.74) is 6.76. The Bertz CT molecular complexity index is 561. The normalized spacial score (nSPS) is 19.1. The lowest BCUT2D eigenvalue weighted by molar-refractivity contribution is 0.0501. The molecule has 1 fully saturated rings. The average molecular weight is 272 g/mol. The van der Waals surface area contributed by atoms with Crippen LogP contribution in [0.3, 0.4) is 0 Å². The zero-order valence-corrected chi connectivity index (χ0v) is 11.5. The van der Waals surface area contributed by atoms with E-state index in [1.165, 1.54) is 12.8 Å². The third-order valence-corrected chi connectivity index (χ3v) is 3.79. The summed E-state index contributed by atoms with van der Waals surface area (Å²) in [6.07, 6.45) is 9.16. The Kier molecular flexibility index (Phi) is 3.97. The lowest BCUT2D eigenvalue weighted by atomic mass is 9.99. The summed E-state index contributed by atoms with van der Waals surface area (Å²) < 4.78 is 7.72. The number of hydrogen-bond acceptors (Lipinski definition) is 4. The van der Waals surface area contributed by atoms with Crippen LogP contribution in [0.5, 0.6) is 0 Å². The summed E-state index contributed by atoms with van der Waals surface area (Å²) in [7, 11) is 0. The van der Waals surface area contributed by atoms with Crippen LogP contribution in [0.2, 0.25) is 0 Å². The van der Waals surface area contributed by atoms with Gasteiger partial charge in [-0.2, -0.15) is 0 Å². The van der Waals surface area contributed by atoms with Gasteiger partial charge in [0.15, 0.2) is 0 Å². The molecule has 1 unspecified atom stereocenters. The molecule has 106 valence electrons. The number of imidazole rings is 1. The monoisotopic (exact) mass is 272 g/mol. The lowest BCUT2D eigenvalue weighted by Crippen LogP contribution is -2.19. The first-order valence-electron chi connectivity index (χ1n) is 7.14. The Hall–Kier alpha value is -1.88. The molecule has 0 amide bonds. The highest BCUT2D eigenvalue weighted by Crippen LogP contribution is 2.22. The number of pyridine rings is 1. The van der Waals surface area contributed by atoms with Gasteiger partial charge in [-0.1, -0.05) is 0 Å². The molecule has 0 bridgehead atoms. The standard InChI is InChI=1S/C15H20N4O/c16-14-10-13(3-5-17-14)15-18-6-8-19(15)7-4-12-2-1-9-20-11-12/h3,5-6,8,10,12H,1-2,4,7,9,11H2,(H2,16,17). The van der Waals surface area contributed by atoms with Crippen LogP contribution < -0.4 is 5.73 Å². The molecular weight excluding hydrogens is 252 g/mol. The maximum Gasteiger partial charge on any atom is 0.140 e. The van der Waals surface area contributed by atoms with E-state index in [1.807, 2.05) is 24.5 Å². The predicted molar refractivity (Wildman–Crippen MR) is 78.0 cm³/mol. The van der Waals surface area contributed by atoms with Crippen molar-refractivity contribution in [3.63, 3.8) is 0 Å². The van der Waals surface area contributed by atoms with E-state index >= 15 is 0 Å². The van der Waals surface area contributed by atoms with Gasteiger partial charge in [0.25, 0.3) is 0 Å². The van der Waals surface area contributed by atoms with Gasteiger partial charge >= 0.3 is 0 Å². The summed E-state index contributed by atoms with van der Waals surface area (Å²) in [4.78, 5) is 8.46. The average Bonchev–Trinajstić information content (AvgIpc) is 2.95. The molecule has 3 rings (SSSR count). The van der Waals surface area contributed by atoms with Gasteiger partial charge in [0, 0.05) is 43.9 Å². The van der Waals surface area contributed by atoms with Crippen LogP contribution in [-0.2, 0) is 11.3 Å². The minimum absolute atomic E-state index is 0.526. The molecule has 0 aromatic carbocycles. The number of aromatic nitrogens is 3. The highest BCUT2D eigenvalue weighted by atomic mass is 16.5. The van der Waals surface area contributed by atoms with Gasteiger partial charge in [0.1, 0.15) is 11.6 Å². The number of hydrogen-bond donors (Lipinski definition) is 1. The first kappa shape index (κ1) is 13.1. The Balaban J connectivity index is 1.70. The van der Waals surface area contributed by atoms with Crippen LogP contribution in [-0.4, -0.2) is 27.7 Å². The molecule has 0 radical (unpaired) electrons. The number of nitrogens with two attached hydrogens (primary N) is 1. The van der Waals surface area contributed by atoms with E-state index in [4.69, 9.17) is 10.5 Å². The van der Waals surface area contributed by atoms with Gasteiger partial charge < -0.3 is 15.0 Å². The third-order valence-electron chi connectivity index (χ3n) is 3.79. The smallest absolute Gasteiger partial charge is 0.140 e. The fourth-order valence-corrected chi connectivity index (χ4v) is 2.69. The maximum atomic E-state index is 5.74. The van der Waals surface area contributed by atoms with Crippen molar-refractivity contribution in [3.05, 3.63) is 30.7 Å².